The normalized spacial score (nSPS) is 24.4. The molecule has 2 aliphatic rings. The molecule has 1 aromatic carbocycles. The number of anilines is 1. The topological polar surface area (TPSA) is 61.8 Å². The van der Waals surface area contributed by atoms with E-state index in [4.69, 9.17) is 0 Å². The highest BCUT2D eigenvalue weighted by atomic mass is 32.2. The van der Waals surface area contributed by atoms with Crippen LogP contribution in [0.4, 0.5) is 5.69 Å². The average molecular weight is 293 g/mol. The minimum Gasteiger partial charge on any atom is -0.330 e. The number of nitrogens with zero attached hydrogens (tertiary/aromatic N) is 2. The zero-order valence-electron chi connectivity index (χ0n) is 11.3. The van der Waals surface area contributed by atoms with E-state index < -0.39 is 10.0 Å². The first-order valence-corrected chi connectivity index (χ1v) is 8.50. The summed E-state index contributed by atoms with van der Waals surface area (Å²) in [4.78, 5) is 2.24. The standard InChI is InChI=1S/C14H19N3O2S/c18-20(19)14-7-2-1-6-13(14)17(11-16-20)10-8-12-5-3-4-9-15-12/h1-2,6-7,11-12,15H,3-5,8-10H2. The first-order valence-electron chi connectivity index (χ1n) is 7.06. The smallest absolute Gasteiger partial charge is 0.285 e. The van der Waals surface area contributed by atoms with Gasteiger partial charge in [0.1, 0.15) is 11.2 Å². The summed E-state index contributed by atoms with van der Waals surface area (Å²) in [6.45, 7) is 1.87. The molecule has 2 heterocycles. The molecule has 3 rings (SSSR count). The molecule has 108 valence electrons. The molecular weight excluding hydrogens is 274 g/mol. The number of hydrogen-bond donors (Lipinski definition) is 1. The molecular formula is C14H19N3O2S. The van der Waals surface area contributed by atoms with Gasteiger partial charge in [0.05, 0.1) is 5.69 Å². The lowest BCUT2D eigenvalue weighted by Crippen LogP contribution is -2.38. The van der Waals surface area contributed by atoms with Crippen molar-refractivity contribution in [3.05, 3.63) is 24.3 Å². The van der Waals surface area contributed by atoms with Gasteiger partial charge in [0.15, 0.2) is 0 Å². The number of rotatable bonds is 3. The Labute approximate surface area is 119 Å². The molecule has 6 heteroatoms. The summed E-state index contributed by atoms with van der Waals surface area (Å²) in [5, 5.41) is 3.51. The number of piperidine rings is 1. The van der Waals surface area contributed by atoms with E-state index in [2.05, 4.69) is 9.71 Å². The maximum atomic E-state index is 11.9. The van der Waals surface area contributed by atoms with Crippen LogP contribution < -0.4 is 10.2 Å². The van der Waals surface area contributed by atoms with Crippen molar-refractivity contribution in [1.82, 2.24) is 5.32 Å². The third-order valence-corrected chi connectivity index (χ3v) is 5.18. The van der Waals surface area contributed by atoms with Gasteiger partial charge in [-0.25, -0.2) is 0 Å². The monoisotopic (exact) mass is 293 g/mol. The number of benzene rings is 1. The number of nitrogens with one attached hydrogen (secondary N) is 1. The van der Waals surface area contributed by atoms with E-state index in [0.717, 1.165) is 25.2 Å². The fourth-order valence-corrected chi connectivity index (χ4v) is 3.85. The molecule has 2 aliphatic heterocycles. The van der Waals surface area contributed by atoms with E-state index in [-0.39, 0.29) is 0 Å². The molecule has 0 saturated carbocycles. The summed E-state index contributed by atoms with van der Waals surface area (Å²) < 4.78 is 27.5. The van der Waals surface area contributed by atoms with Crippen LogP contribution in [-0.2, 0) is 10.0 Å². The van der Waals surface area contributed by atoms with Gasteiger partial charge in [0.2, 0.25) is 0 Å². The Morgan fingerprint density at radius 2 is 2.15 bits per heavy atom. The fraction of sp³-hybridized carbons (Fsp3) is 0.500. The molecule has 1 atom stereocenters. The van der Waals surface area contributed by atoms with Crippen LogP contribution in [0.25, 0.3) is 0 Å². The van der Waals surface area contributed by atoms with Crippen molar-refractivity contribution in [1.29, 1.82) is 0 Å². The molecule has 1 unspecified atom stereocenters. The molecule has 0 spiro atoms. The number of sulfonamides is 1. The van der Waals surface area contributed by atoms with Crippen molar-refractivity contribution in [3.63, 3.8) is 0 Å². The molecule has 0 bridgehead atoms. The first kappa shape index (κ1) is 13.6. The van der Waals surface area contributed by atoms with Gasteiger partial charge in [-0.15, -0.1) is 4.40 Å². The van der Waals surface area contributed by atoms with E-state index in [1.165, 1.54) is 25.6 Å². The molecule has 20 heavy (non-hydrogen) atoms. The zero-order chi connectivity index (χ0) is 14.0. The second-order valence-corrected chi connectivity index (χ2v) is 6.89. The molecule has 1 fully saturated rings. The van der Waals surface area contributed by atoms with E-state index in [0.29, 0.717) is 10.9 Å². The molecule has 0 aromatic heterocycles. The van der Waals surface area contributed by atoms with Gasteiger partial charge in [-0.1, -0.05) is 18.6 Å². The van der Waals surface area contributed by atoms with Gasteiger partial charge in [0, 0.05) is 12.6 Å². The van der Waals surface area contributed by atoms with E-state index >= 15 is 0 Å². The van der Waals surface area contributed by atoms with Crippen molar-refractivity contribution >= 4 is 22.0 Å². The van der Waals surface area contributed by atoms with Crippen LogP contribution in [0.3, 0.4) is 0 Å². The zero-order valence-corrected chi connectivity index (χ0v) is 12.1. The van der Waals surface area contributed by atoms with Gasteiger partial charge < -0.3 is 10.2 Å². The highest BCUT2D eigenvalue weighted by Gasteiger charge is 2.25. The van der Waals surface area contributed by atoms with Crippen LogP contribution >= 0.6 is 0 Å². The third-order valence-electron chi connectivity index (χ3n) is 3.91. The van der Waals surface area contributed by atoms with E-state index in [9.17, 15) is 8.42 Å². The summed E-state index contributed by atoms with van der Waals surface area (Å²) in [5.74, 6) is 0. The SMILES string of the molecule is O=S1(=O)N=CN(CCC2CCCCN2)c2ccccc21. The molecule has 1 aromatic rings. The van der Waals surface area contributed by atoms with Gasteiger partial charge >= 0.3 is 0 Å². The van der Waals surface area contributed by atoms with Crippen molar-refractivity contribution in [2.75, 3.05) is 18.0 Å². The lowest BCUT2D eigenvalue weighted by molar-refractivity contribution is 0.386. The fourth-order valence-electron chi connectivity index (χ4n) is 2.79. The summed E-state index contributed by atoms with van der Waals surface area (Å²) in [6, 6.07) is 7.58. The highest BCUT2D eigenvalue weighted by Crippen LogP contribution is 2.29. The van der Waals surface area contributed by atoms with Crippen LogP contribution in [0.5, 0.6) is 0 Å². The van der Waals surface area contributed by atoms with E-state index in [1.54, 1.807) is 12.1 Å². The van der Waals surface area contributed by atoms with E-state index in [1.807, 2.05) is 17.0 Å². The number of fused-ring (bicyclic) bond motifs is 1. The Morgan fingerprint density at radius 1 is 1.30 bits per heavy atom. The summed E-state index contributed by atoms with van der Waals surface area (Å²) in [5.41, 5.74) is 0.735. The molecule has 5 nitrogen and oxygen atoms in total. The predicted octanol–water partition coefficient (Wildman–Crippen LogP) is 1.76. The average Bonchev–Trinajstić information content (AvgIpc) is 2.48. The Morgan fingerprint density at radius 3 is 2.95 bits per heavy atom. The summed E-state index contributed by atoms with van der Waals surface area (Å²) in [6.07, 6.45) is 6.17. The Kier molecular flexibility index (Phi) is 3.76. The predicted molar refractivity (Wildman–Crippen MR) is 79.7 cm³/mol. The van der Waals surface area contributed by atoms with Crippen LogP contribution in [-0.4, -0.2) is 33.9 Å². The van der Waals surface area contributed by atoms with Crippen molar-refractivity contribution in [2.24, 2.45) is 4.40 Å². The minimum atomic E-state index is -3.51. The summed E-state index contributed by atoms with van der Waals surface area (Å²) in [7, 11) is -3.51. The number of hydrogen-bond acceptors (Lipinski definition) is 4. The highest BCUT2D eigenvalue weighted by molar-refractivity contribution is 7.90. The van der Waals surface area contributed by atoms with Gasteiger partial charge in [-0.2, -0.15) is 8.42 Å². The number of para-hydroxylation sites is 1. The maximum Gasteiger partial charge on any atom is 0.285 e. The van der Waals surface area contributed by atoms with Crippen LogP contribution in [0.2, 0.25) is 0 Å². The molecule has 0 amide bonds. The Balaban J connectivity index is 1.74. The lowest BCUT2D eigenvalue weighted by Gasteiger charge is -2.29. The quantitative estimate of drug-likeness (QED) is 0.922. The van der Waals surface area contributed by atoms with Gasteiger partial charge in [-0.05, 0) is 37.9 Å². The second kappa shape index (κ2) is 5.54. The first-order chi connectivity index (χ1) is 9.67. The minimum absolute atomic E-state index is 0.305. The molecule has 1 saturated heterocycles. The summed E-state index contributed by atoms with van der Waals surface area (Å²) >= 11 is 0. The van der Waals surface area contributed by atoms with Gasteiger partial charge in [-0.3, -0.25) is 0 Å². The van der Waals surface area contributed by atoms with Crippen LogP contribution in [0.1, 0.15) is 25.7 Å². The lowest BCUT2D eigenvalue weighted by atomic mass is 10.0. The van der Waals surface area contributed by atoms with Crippen LogP contribution in [0, 0.1) is 0 Å². The largest absolute Gasteiger partial charge is 0.330 e. The molecule has 0 aliphatic carbocycles. The van der Waals surface area contributed by atoms with Crippen molar-refractivity contribution in [2.45, 2.75) is 36.6 Å². The molecule has 0 radical (unpaired) electrons. The van der Waals surface area contributed by atoms with Gasteiger partial charge in [0.25, 0.3) is 10.0 Å². The molecule has 1 N–H and O–H groups in total. The maximum absolute atomic E-state index is 11.9. The Hall–Kier alpha value is -1.40. The second-order valence-electron chi connectivity index (χ2n) is 5.29. The third kappa shape index (κ3) is 2.71. The Bertz CT molecular complexity index is 607. The van der Waals surface area contributed by atoms with Crippen LogP contribution in [0.15, 0.2) is 33.6 Å². The van der Waals surface area contributed by atoms with Crippen molar-refractivity contribution in [3.8, 4) is 0 Å². The van der Waals surface area contributed by atoms with Crippen molar-refractivity contribution < 1.29 is 8.42 Å².